The van der Waals surface area contributed by atoms with Crippen LogP contribution in [0.4, 0.5) is 5.69 Å². The van der Waals surface area contributed by atoms with Gasteiger partial charge in [0.2, 0.25) is 0 Å². The van der Waals surface area contributed by atoms with Crippen molar-refractivity contribution in [1.82, 2.24) is 0 Å². The maximum Gasteiger partial charge on any atom is 0.269 e. The highest BCUT2D eigenvalue weighted by Gasteiger charge is 2.10. The average molecular weight is 334 g/mol. The molecule has 1 unspecified atom stereocenters. The van der Waals surface area contributed by atoms with E-state index in [2.05, 4.69) is 47.1 Å². The quantitative estimate of drug-likeness (QED) is 0.446. The zero-order valence-electron chi connectivity index (χ0n) is 11.3. The Morgan fingerprint density at radius 3 is 2.10 bits per heavy atom. The van der Waals surface area contributed by atoms with Gasteiger partial charge in [-0.1, -0.05) is 59.3 Å². The molecule has 4 heteroatoms. The lowest BCUT2D eigenvalue weighted by Crippen LogP contribution is -1.96. The van der Waals surface area contributed by atoms with Gasteiger partial charge in [-0.25, -0.2) is 0 Å². The van der Waals surface area contributed by atoms with E-state index in [9.17, 15) is 10.1 Å². The predicted octanol–water partition coefficient (Wildman–Crippen LogP) is 4.84. The SMILES string of the molecule is CCc1ccc(C(Br)Cc2ccc([N+](=O)[O-])cc2)cc1. The van der Waals surface area contributed by atoms with Gasteiger partial charge in [0.1, 0.15) is 0 Å². The van der Waals surface area contributed by atoms with Crippen LogP contribution in [0.3, 0.4) is 0 Å². The molecule has 2 aromatic carbocycles. The van der Waals surface area contributed by atoms with Gasteiger partial charge in [-0.2, -0.15) is 0 Å². The maximum absolute atomic E-state index is 10.6. The lowest BCUT2D eigenvalue weighted by Gasteiger charge is -2.11. The van der Waals surface area contributed by atoms with Crippen LogP contribution < -0.4 is 0 Å². The summed E-state index contributed by atoms with van der Waals surface area (Å²) in [5.74, 6) is 0. The maximum atomic E-state index is 10.6. The van der Waals surface area contributed by atoms with Crippen LogP contribution in [0.2, 0.25) is 0 Å². The minimum absolute atomic E-state index is 0.132. The molecule has 1 atom stereocenters. The summed E-state index contributed by atoms with van der Waals surface area (Å²) in [4.78, 5) is 10.5. The molecule has 2 aromatic rings. The summed E-state index contributed by atoms with van der Waals surface area (Å²) in [5, 5.41) is 10.6. The van der Waals surface area contributed by atoms with Crippen LogP contribution in [-0.4, -0.2) is 4.92 Å². The third-order valence-electron chi connectivity index (χ3n) is 3.31. The van der Waals surface area contributed by atoms with Crippen LogP contribution in [0.25, 0.3) is 0 Å². The van der Waals surface area contributed by atoms with Crippen molar-refractivity contribution in [3.63, 3.8) is 0 Å². The molecule has 0 heterocycles. The van der Waals surface area contributed by atoms with Crippen molar-refractivity contribution in [2.24, 2.45) is 0 Å². The molecule has 0 radical (unpaired) electrons. The van der Waals surface area contributed by atoms with Gasteiger partial charge in [-0.3, -0.25) is 10.1 Å². The molecule has 0 bridgehead atoms. The Morgan fingerprint density at radius 2 is 1.60 bits per heavy atom. The van der Waals surface area contributed by atoms with Gasteiger partial charge < -0.3 is 0 Å². The third kappa shape index (κ3) is 3.67. The number of rotatable bonds is 5. The largest absolute Gasteiger partial charge is 0.269 e. The van der Waals surface area contributed by atoms with Gasteiger partial charge in [-0.05, 0) is 29.5 Å². The molecule has 104 valence electrons. The molecule has 0 aromatic heterocycles. The number of nitrogens with zero attached hydrogens (tertiary/aromatic N) is 1. The Morgan fingerprint density at radius 1 is 1.05 bits per heavy atom. The van der Waals surface area contributed by atoms with Crippen LogP contribution in [0.1, 0.15) is 28.4 Å². The highest BCUT2D eigenvalue weighted by Crippen LogP contribution is 2.28. The number of benzene rings is 2. The normalized spacial score (nSPS) is 12.1. The summed E-state index contributed by atoms with van der Waals surface area (Å²) >= 11 is 3.68. The van der Waals surface area contributed by atoms with E-state index in [4.69, 9.17) is 0 Å². The Bertz CT molecular complexity index is 578. The van der Waals surface area contributed by atoms with Gasteiger partial charge in [-0.15, -0.1) is 0 Å². The number of nitro benzene ring substituents is 1. The zero-order chi connectivity index (χ0) is 14.5. The molecule has 0 spiro atoms. The van der Waals surface area contributed by atoms with E-state index >= 15 is 0 Å². The Hall–Kier alpha value is -1.68. The number of aryl methyl sites for hydroxylation is 1. The van der Waals surface area contributed by atoms with Crippen molar-refractivity contribution in [2.45, 2.75) is 24.6 Å². The second-order valence-corrected chi connectivity index (χ2v) is 5.80. The van der Waals surface area contributed by atoms with E-state index in [1.807, 2.05) is 12.1 Å². The van der Waals surface area contributed by atoms with E-state index in [-0.39, 0.29) is 15.4 Å². The fourth-order valence-electron chi connectivity index (χ4n) is 2.04. The molecule has 0 amide bonds. The molecule has 0 N–H and O–H groups in total. The summed E-state index contributed by atoms with van der Waals surface area (Å²) in [7, 11) is 0. The molecule has 3 nitrogen and oxygen atoms in total. The molecule has 0 aliphatic heterocycles. The highest BCUT2D eigenvalue weighted by molar-refractivity contribution is 9.09. The molecule has 0 saturated carbocycles. The molecule has 0 aliphatic rings. The van der Waals surface area contributed by atoms with Crippen molar-refractivity contribution < 1.29 is 4.92 Å². The number of halogens is 1. The van der Waals surface area contributed by atoms with Crippen molar-refractivity contribution in [1.29, 1.82) is 0 Å². The predicted molar refractivity (Wildman–Crippen MR) is 84.3 cm³/mol. The first-order valence-corrected chi connectivity index (χ1v) is 7.48. The summed E-state index contributed by atoms with van der Waals surface area (Å²) in [6, 6.07) is 15.3. The molecular formula is C16H16BrNO2. The van der Waals surface area contributed by atoms with Gasteiger partial charge in [0.05, 0.1) is 4.92 Å². The molecule has 2 rings (SSSR count). The van der Waals surface area contributed by atoms with Crippen molar-refractivity contribution in [3.8, 4) is 0 Å². The third-order valence-corrected chi connectivity index (χ3v) is 4.16. The van der Waals surface area contributed by atoms with Gasteiger partial charge >= 0.3 is 0 Å². The summed E-state index contributed by atoms with van der Waals surface area (Å²) in [6.07, 6.45) is 1.85. The number of hydrogen-bond donors (Lipinski definition) is 0. The highest BCUT2D eigenvalue weighted by atomic mass is 79.9. The monoisotopic (exact) mass is 333 g/mol. The molecular weight excluding hydrogens is 318 g/mol. The van der Waals surface area contributed by atoms with Crippen LogP contribution >= 0.6 is 15.9 Å². The second-order valence-electron chi connectivity index (χ2n) is 4.69. The van der Waals surface area contributed by atoms with Crippen LogP contribution in [0.5, 0.6) is 0 Å². The fourth-order valence-corrected chi connectivity index (χ4v) is 2.72. The number of non-ortho nitro benzene ring substituents is 1. The van der Waals surface area contributed by atoms with E-state index < -0.39 is 0 Å². The van der Waals surface area contributed by atoms with Crippen molar-refractivity contribution >= 4 is 21.6 Å². The molecule has 0 saturated heterocycles. The van der Waals surface area contributed by atoms with Gasteiger partial charge in [0.15, 0.2) is 0 Å². The summed E-state index contributed by atoms with van der Waals surface area (Å²) in [6.45, 7) is 2.14. The Balaban J connectivity index is 2.06. The first-order chi connectivity index (χ1) is 9.60. The van der Waals surface area contributed by atoms with E-state index in [0.29, 0.717) is 0 Å². The first-order valence-electron chi connectivity index (χ1n) is 6.56. The Labute approximate surface area is 126 Å². The lowest BCUT2D eigenvalue weighted by atomic mass is 10.0. The zero-order valence-corrected chi connectivity index (χ0v) is 12.8. The molecule has 0 fully saturated rings. The van der Waals surface area contributed by atoms with Gasteiger partial charge in [0, 0.05) is 17.0 Å². The average Bonchev–Trinajstić information content (AvgIpc) is 2.48. The van der Waals surface area contributed by atoms with E-state index in [1.54, 1.807) is 12.1 Å². The van der Waals surface area contributed by atoms with Crippen LogP contribution in [0.15, 0.2) is 48.5 Å². The topological polar surface area (TPSA) is 43.1 Å². The number of alkyl halides is 1. The van der Waals surface area contributed by atoms with Crippen molar-refractivity contribution in [3.05, 3.63) is 75.3 Å². The number of nitro groups is 1. The Kier molecular flexibility index (Phi) is 4.90. The standard InChI is InChI=1S/C16H16BrNO2/c1-2-12-3-7-14(8-4-12)16(17)11-13-5-9-15(10-6-13)18(19)20/h3-10,16H,2,11H2,1H3. The van der Waals surface area contributed by atoms with Crippen LogP contribution in [-0.2, 0) is 12.8 Å². The lowest BCUT2D eigenvalue weighted by molar-refractivity contribution is -0.384. The van der Waals surface area contributed by atoms with Crippen molar-refractivity contribution in [2.75, 3.05) is 0 Å². The first kappa shape index (κ1) is 14.7. The molecule has 20 heavy (non-hydrogen) atoms. The summed E-state index contributed by atoms with van der Waals surface area (Å²) in [5.41, 5.74) is 3.76. The van der Waals surface area contributed by atoms with Gasteiger partial charge in [0.25, 0.3) is 5.69 Å². The molecule has 0 aliphatic carbocycles. The van der Waals surface area contributed by atoms with E-state index in [0.717, 1.165) is 18.4 Å². The fraction of sp³-hybridized carbons (Fsp3) is 0.250. The summed E-state index contributed by atoms with van der Waals surface area (Å²) < 4.78 is 0. The van der Waals surface area contributed by atoms with E-state index in [1.165, 1.54) is 11.1 Å². The minimum atomic E-state index is -0.376. The number of hydrogen-bond acceptors (Lipinski definition) is 2. The minimum Gasteiger partial charge on any atom is -0.258 e. The second kappa shape index (κ2) is 6.66. The smallest absolute Gasteiger partial charge is 0.258 e. The van der Waals surface area contributed by atoms with Crippen LogP contribution in [0, 0.1) is 10.1 Å².